The summed E-state index contributed by atoms with van der Waals surface area (Å²) < 4.78 is 4.83. The normalized spacial score (nSPS) is 43.4. The predicted molar refractivity (Wildman–Crippen MR) is 97.2 cm³/mol. The Morgan fingerprint density at radius 1 is 1.15 bits per heavy atom. The van der Waals surface area contributed by atoms with Crippen LogP contribution in [0.3, 0.4) is 0 Å². The molecule has 0 aromatic heterocycles. The van der Waals surface area contributed by atoms with Crippen LogP contribution in [0, 0.1) is 28.6 Å². The Kier molecular flexibility index (Phi) is 4.01. The fourth-order valence-electron chi connectivity index (χ4n) is 6.67. The van der Waals surface area contributed by atoms with Crippen molar-refractivity contribution in [3.8, 4) is 0 Å². The van der Waals surface area contributed by atoms with E-state index in [-0.39, 0.29) is 28.5 Å². The van der Waals surface area contributed by atoms with Crippen molar-refractivity contribution in [3.05, 3.63) is 23.3 Å². The lowest BCUT2D eigenvalue weighted by Crippen LogP contribution is -2.54. The average Bonchev–Trinajstić information content (AvgIpc) is 2.91. The summed E-state index contributed by atoms with van der Waals surface area (Å²) in [4.78, 5) is 37.1. The number of ether oxygens (including phenoxy) is 1. The van der Waals surface area contributed by atoms with Gasteiger partial charge < -0.3 is 4.74 Å². The highest BCUT2D eigenvalue weighted by molar-refractivity contribution is 5.93. The zero-order chi connectivity index (χ0) is 18.7. The van der Waals surface area contributed by atoms with Crippen molar-refractivity contribution in [2.45, 2.75) is 58.8 Å². The Hall–Kier alpha value is -1.71. The Balaban J connectivity index is 1.71. The number of hydrogen-bond donors (Lipinski definition) is 0. The maximum atomic E-state index is 13.4. The predicted octanol–water partition coefficient (Wildman–Crippen LogP) is 3.80. The molecule has 26 heavy (non-hydrogen) atoms. The van der Waals surface area contributed by atoms with Crippen LogP contribution < -0.4 is 0 Å². The lowest BCUT2D eigenvalue weighted by Gasteiger charge is -2.56. The summed E-state index contributed by atoms with van der Waals surface area (Å²) in [5, 5.41) is 0. The summed E-state index contributed by atoms with van der Waals surface area (Å²) in [6, 6.07) is 0. The van der Waals surface area contributed by atoms with Crippen molar-refractivity contribution in [1.82, 2.24) is 0 Å². The molecule has 0 heterocycles. The van der Waals surface area contributed by atoms with Crippen LogP contribution in [0.15, 0.2) is 23.3 Å². The van der Waals surface area contributed by atoms with E-state index in [1.807, 2.05) is 6.08 Å². The molecule has 3 saturated carbocycles. The second kappa shape index (κ2) is 5.90. The van der Waals surface area contributed by atoms with Crippen LogP contribution in [0.4, 0.5) is 0 Å². The van der Waals surface area contributed by atoms with Gasteiger partial charge in [-0.25, -0.2) is 4.79 Å². The van der Waals surface area contributed by atoms with Gasteiger partial charge >= 0.3 is 5.97 Å². The van der Waals surface area contributed by atoms with Crippen molar-refractivity contribution < 1.29 is 19.1 Å². The third-order valence-electron chi connectivity index (χ3n) is 8.00. The number of esters is 1. The second-order valence-electron chi connectivity index (χ2n) is 9.13. The van der Waals surface area contributed by atoms with Crippen molar-refractivity contribution in [3.63, 3.8) is 0 Å². The molecular weight excluding hydrogens is 328 g/mol. The Labute approximate surface area is 155 Å². The van der Waals surface area contributed by atoms with Crippen molar-refractivity contribution in [2.75, 3.05) is 7.11 Å². The van der Waals surface area contributed by atoms with Gasteiger partial charge in [-0.3, -0.25) is 9.59 Å². The molecule has 4 heteroatoms. The molecule has 3 fully saturated rings. The van der Waals surface area contributed by atoms with Gasteiger partial charge in [0.2, 0.25) is 0 Å². The van der Waals surface area contributed by atoms with Crippen LogP contribution in [0.2, 0.25) is 0 Å². The monoisotopic (exact) mass is 356 g/mol. The van der Waals surface area contributed by atoms with Gasteiger partial charge in [-0.2, -0.15) is 0 Å². The van der Waals surface area contributed by atoms with Crippen LogP contribution in [0.1, 0.15) is 58.8 Å². The summed E-state index contributed by atoms with van der Waals surface area (Å²) in [5.74, 6) is 1.06. The zero-order valence-electron chi connectivity index (χ0n) is 16.0. The molecule has 0 bridgehead atoms. The van der Waals surface area contributed by atoms with Crippen LogP contribution in [-0.2, 0) is 19.1 Å². The number of methoxy groups -OCH3 is 1. The first-order chi connectivity index (χ1) is 12.3. The Morgan fingerprint density at radius 2 is 1.92 bits per heavy atom. The van der Waals surface area contributed by atoms with Gasteiger partial charge in [-0.15, -0.1) is 0 Å². The number of allylic oxidation sites excluding steroid dienone is 2. The summed E-state index contributed by atoms with van der Waals surface area (Å²) >= 11 is 0. The van der Waals surface area contributed by atoms with Crippen molar-refractivity contribution in [1.29, 1.82) is 0 Å². The number of Topliss-reactive ketones (excluding diaryl/α,β-unsaturated/α-hetero) is 1. The van der Waals surface area contributed by atoms with E-state index in [0.717, 1.165) is 37.7 Å². The lowest BCUT2D eigenvalue weighted by atomic mass is 9.47. The molecule has 0 amide bonds. The molecule has 0 spiro atoms. The molecule has 0 radical (unpaired) electrons. The Morgan fingerprint density at radius 3 is 2.65 bits per heavy atom. The van der Waals surface area contributed by atoms with E-state index in [1.165, 1.54) is 12.7 Å². The molecule has 0 unspecified atom stereocenters. The Bertz CT molecular complexity index is 745. The molecule has 0 saturated heterocycles. The molecule has 4 rings (SSSR count). The lowest BCUT2D eigenvalue weighted by molar-refractivity contribution is -0.143. The fraction of sp³-hybridized carbons (Fsp3) is 0.682. The summed E-state index contributed by atoms with van der Waals surface area (Å²) in [5.41, 5.74) is 1.93. The maximum absolute atomic E-state index is 13.4. The van der Waals surface area contributed by atoms with E-state index in [0.29, 0.717) is 30.5 Å². The highest BCUT2D eigenvalue weighted by Crippen LogP contribution is 2.65. The van der Waals surface area contributed by atoms with Crippen molar-refractivity contribution >= 4 is 17.5 Å². The first-order valence-corrected chi connectivity index (χ1v) is 9.85. The number of hydrogen-bond acceptors (Lipinski definition) is 4. The van der Waals surface area contributed by atoms with E-state index < -0.39 is 0 Å². The molecule has 0 aliphatic heterocycles. The van der Waals surface area contributed by atoms with Crippen LogP contribution in [0.5, 0.6) is 0 Å². The molecule has 4 nitrogen and oxygen atoms in total. The van der Waals surface area contributed by atoms with Crippen molar-refractivity contribution in [2.24, 2.45) is 28.6 Å². The molecule has 5 atom stereocenters. The molecule has 0 aromatic rings. The van der Waals surface area contributed by atoms with Gasteiger partial charge in [0.1, 0.15) is 5.78 Å². The van der Waals surface area contributed by atoms with E-state index in [1.54, 1.807) is 6.08 Å². The highest BCUT2D eigenvalue weighted by Gasteiger charge is 2.60. The number of carbonyl (C=O) groups is 3. The highest BCUT2D eigenvalue weighted by atomic mass is 16.5. The van der Waals surface area contributed by atoms with Gasteiger partial charge in [-0.1, -0.05) is 25.0 Å². The van der Waals surface area contributed by atoms with E-state index in [9.17, 15) is 14.4 Å². The molecular formula is C22H28O4. The zero-order valence-corrected chi connectivity index (χ0v) is 16.0. The first-order valence-electron chi connectivity index (χ1n) is 9.85. The van der Waals surface area contributed by atoms with Gasteiger partial charge in [-0.05, 0) is 60.8 Å². The van der Waals surface area contributed by atoms with Crippen LogP contribution in [0.25, 0.3) is 0 Å². The second-order valence-corrected chi connectivity index (χ2v) is 9.13. The topological polar surface area (TPSA) is 60.4 Å². The number of fused-ring (bicyclic) bond motifs is 5. The largest absolute Gasteiger partial charge is 0.466 e. The SMILES string of the molecule is COC(=O)/C=C1/CC[C@@H]2[C@H]3CCC4=CC(=O)CC[C@@]4(C)[C@@H]3C(=O)C[C@]12C. The first kappa shape index (κ1) is 17.7. The molecule has 0 N–H and O–H groups in total. The molecule has 140 valence electrons. The number of ketones is 2. The van der Waals surface area contributed by atoms with Crippen LogP contribution in [-0.4, -0.2) is 24.6 Å². The summed E-state index contributed by atoms with van der Waals surface area (Å²) in [6.45, 7) is 4.38. The van der Waals surface area contributed by atoms with Gasteiger partial charge in [0.25, 0.3) is 0 Å². The van der Waals surface area contributed by atoms with Gasteiger partial charge in [0, 0.05) is 24.8 Å². The minimum Gasteiger partial charge on any atom is -0.466 e. The summed E-state index contributed by atoms with van der Waals surface area (Å²) in [7, 11) is 1.40. The minimum atomic E-state index is -0.317. The number of carbonyl (C=O) groups excluding carboxylic acids is 3. The standard InChI is InChI=1S/C22H28O4/c1-21-9-8-15(23)10-13(21)4-6-16-17-7-5-14(11-19(25)26-3)22(17,2)12-18(24)20(16)21/h10-11,16-17,20H,4-9,12H2,1-3H3/b14-11-/t16-,17-,20+,21-,22-/m1/s1. The molecule has 4 aliphatic carbocycles. The molecule has 0 aromatic carbocycles. The number of rotatable bonds is 1. The van der Waals surface area contributed by atoms with Gasteiger partial charge in [0.15, 0.2) is 5.78 Å². The smallest absolute Gasteiger partial charge is 0.330 e. The van der Waals surface area contributed by atoms with Crippen LogP contribution >= 0.6 is 0 Å². The average molecular weight is 356 g/mol. The van der Waals surface area contributed by atoms with Gasteiger partial charge in [0.05, 0.1) is 7.11 Å². The maximum Gasteiger partial charge on any atom is 0.330 e. The fourth-order valence-corrected chi connectivity index (χ4v) is 6.67. The van der Waals surface area contributed by atoms with E-state index in [2.05, 4.69) is 13.8 Å². The van der Waals surface area contributed by atoms with E-state index in [4.69, 9.17) is 4.74 Å². The third kappa shape index (κ3) is 2.37. The third-order valence-corrected chi connectivity index (χ3v) is 8.00. The quantitative estimate of drug-likeness (QED) is 0.530. The van der Waals surface area contributed by atoms with E-state index >= 15 is 0 Å². The minimum absolute atomic E-state index is 0.0335. The summed E-state index contributed by atoms with van der Waals surface area (Å²) in [6.07, 6.45) is 9.17. The molecule has 4 aliphatic rings.